The van der Waals surface area contributed by atoms with Crippen LogP contribution in [0, 0.1) is 0 Å². The minimum atomic E-state index is 0.630. The van der Waals surface area contributed by atoms with Crippen LogP contribution in [-0.2, 0) is 6.54 Å². The zero-order valence-corrected chi connectivity index (χ0v) is 13.4. The standard InChI is InChI=1S/C18H32N2/c1-3-5-6-7-8-9-15-20(14-4-2)18-12-10-17(16-19)11-13-18/h10-13H,3-9,14-16,19H2,1-2H3. The second-order valence-electron chi connectivity index (χ2n) is 5.63. The van der Waals surface area contributed by atoms with Crippen LogP contribution in [0.15, 0.2) is 24.3 Å². The highest BCUT2D eigenvalue weighted by molar-refractivity contribution is 5.47. The van der Waals surface area contributed by atoms with Gasteiger partial charge < -0.3 is 10.6 Å². The molecular weight excluding hydrogens is 244 g/mol. The lowest BCUT2D eigenvalue weighted by atomic mass is 10.1. The molecule has 0 aliphatic carbocycles. The number of anilines is 1. The fourth-order valence-electron chi connectivity index (χ4n) is 2.57. The second-order valence-corrected chi connectivity index (χ2v) is 5.63. The molecule has 1 aromatic carbocycles. The predicted octanol–water partition coefficient (Wildman–Crippen LogP) is 4.72. The molecule has 0 saturated carbocycles. The van der Waals surface area contributed by atoms with Crippen molar-refractivity contribution in [1.82, 2.24) is 0 Å². The van der Waals surface area contributed by atoms with Crippen LogP contribution in [0.25, 0.3) is 0 Å². The summed E-state index contributed by atoms with van der Waals surface area (Å²) >= 11 is 0. The van der Waals surface area contributed by atoms with Gasteiger partial charge in [-0.3, -0.25) is 0 Å². The molecule has 0 aliphatic rings. The van der Waals surface area contributed by atoms with Gasteiger partial charge in [-0.1, -0.05) is 58.1 Å². The fraction of sp³-hybridized carbons (Fsp3) is 0.667. The Kier molecular flexibility index (Phi) is 9.14. The van der Waals surface area contributed by atoms with Crippen LogP contribution < -0.4 is 10.6 Å². The van der Waals surface area contributed by atoms with Crippen LogP contribution in [0.3, 0.4) is 0 Å². The van der Waals surface area contributed by atoms with Crippen molar-refractivity contribution in [2.24, 2.45) is 5.73 Å². The van der Waals surface area contributed by atoms with Crippen LogP contribution in [-0.4, -0.2) is 13.1 Å². The Morgan fingerprint density at radius 3 is 2.05 bits per heavy atom. The van der Waals surface area contributed by atoms with E-state index in [2.05, 4.69) is 43.0 Å². The third-order valence-electron chi connectivity index (χ3n) is 3.81. The molecule has 0 fully saturated rings. The van der Waals surface area contributed by atoms with Crippen LogP contribution >= 0.6 is 0 Å². The summed E-state index contributed by atoms with van der Waals surface area (Å²) in [5.74, 6) is 0. The molecule has 0 atom stereocenters. The van der Waals surface area contributed by atoms with Crippen molar-refractivity contribution in [2.45, 2.75) is 65.3 Å². The third kappa shape index (κ3) is 6.42. The Balaban J connectivity index is 2.38. The highest BCUT2D eigenvalue weighted by Crippen LogP contribution is 2.17. The smallest absolute Gasteiger partial charge is 0.0366 e. The van der Waals surface area contributed by atoms with Gasteiger partial charge in [0.1, 0.15) is 0 Å². The summed E-state index contributed by atoms with van der Waals surface area (Å²) in [7, 11) is 0. The van der Waals surface area contributed by atoms with Gasteiger partial charge in [-0.05, 0) is 30.5 Å². The molecule has 1 aromatic rings. The maximum absolute atomic E-state index is 5.66. The van der Waals surface area contributed by atoms with Gasteiger partial charge in [-0.15, -0.1) is 0 Å². The lowest BCUT2D eigenvalue weighted by Gasteiger charge is -2.24. The lowest BCUT2D eigenvalue weighted by Crippen LogP contribution is -2.25. The van der Waals surface area contributed by atoms with Crippen molar-refractivity contribution in [2.75, 3.05) is 18.0 Å². The molecular formula is C18H32N2. The highest BCUT2D eigenvalue weighted by atomic mass is 15.1. The Morgan fingerprint density at radius 1 is 0.800 bits per heavy atom. The molecule has 114 valence electrons. The molecule has 2 N–H and O–H groups in total. The largest absolute Gasteiger partial charge is 0.372 e. The Hall–Kier alpha value is -1.02. The van der Waals surface area contributed by atoms with Gasteiger partial charge in [0.15, 0.2) is 0 Å². The number of hydrogen-bond acceptors (Lipinski definition) is 2. The molecule has 0 spiro atoms. The van der Waals surface area contributed by atoms with Crippen LogP contribution in [0.1, 0.15) is 64.4 Å². The molecule has 0 aliphatic heterocycles. The third-order valence-corrected chi connectivity index (χ3v) is 3.81. The summed E-state index contributed by atoms with van der Waals surface area (Å²) in [4.78, 5) is 2.51. The Morgan fingerprint density at radius 2 is 1.45 bits per heavy atom. The summed E-state index contributed by atoms with van der Waals surface area (Å²) < 4.78 is 0. The normalized spacial score (nSPS) is 10.8. The predicted molar refractivity (Wildman–Crippen MR) is 90.2 cm³/mol. The number of benzene rings is 1. The molecule has 1 rings (SSSR count). The fourth-order valence-corrected chi connectivity index (χ4v) is 2.57. The van der Waals surface area contributed by atoms with Crippen LogP contribution in [0.2, 0.25) is 0 Å². The quantitative estimate of drug-likeness (QED) is 0.592. The minimum absolute atomic E-state index is 0.630. The lowest BCUT2D eigenvalue weighted by molar-refractivity contribution is 0.597. The van der Waals surface area contributed by atoms with E-state index in [-0.39, 0.29) is 0 Å². The average Bonchev–Trinajstić information content (AvgIpc) is 2.50. The molecule has 2 heteroatoms. The average molecular weight is 276 g/mol. The summed E-state index contributed by atoms with van der Waals surface area (Å²) in [5, 5.41) is 0. The summed E-state index contributed by atoms with van der Waals surface area (Å²) in [6.45, 7) is 7.49. The molecule has 0 bridgehead atoms. The molecule has 2 nitrogen and oxygen atoms in total. The van der Waals surface area contributed by atoms with Gasteiger partial charge in [-0.25, -0.2) is 0 Å². The van der Waals surface area contributed by atoms with Crippen LogP contribution in [0.5, 0.6) is 0 Å². The van der Waals surface area contributed by atoms with Gasteiger partial charge in [0.05, 0.1) is 0 Å². The van der Waals surface area contributed by atoms with Gasteiger partial charge in [0, 0.05) is 25.3 Å². The van der Waals surface area contributed by atoms with Gasteiger partial charge in [-0.2, -0.15) is 0 Å². The topological polar surface area (TPSA) is 29.3 Å². The molecule has 20 heavy (non-hydrogen) atoms. The SMILES string of the molecule is CCCCCCCCN(CCC)c1ccc(CN)cc1. The maximum Gasteiger partial charge on any atom is 0.0366 e. The Bertz CT molecular complexity index is 332. The van der Waals surface area contributed by atoms with Crippen molar-refractivity contribution in [3.8, 4) is 0 Å². The van der Waals surface area contributed by atoms with E-state index in [1.54, 1.807) is 0 Å². The van der Waals surface area contributed by atoms with Crippen molar-refractivity contribution < 1.29 is 0 Å². The van der Waals surface area contributed by atoms with Gasteiger partial charge in [0.2, 0.25) is 0 Å². The molecule has 0 amide bonds. The number of unbranched alkanes of at least 4 members (excludes halogenated alkanes) is 5. The first-order valence-corrected chi connectivity index (χ1v) is 8.35. The monoisotopic (exact) mass is 276 g/mol. The van der Waals surface area contributed by atoms with E-state index in [1.165, 1.54) is 62.7 Å². The number of rotatable bonds is 11. The summed E-state index contributed by atoms with van der Waals surface area (Å²) in [6.07, 6.45) is 9.38. The van der Waals surface area contributed by atoms with Gasteiger partial charge in [0.25, 0.3) is 0 Å². The minimum Gasteiger partial charge on any atom is -0.372 e. The highest BCUT2D eigenvalue weighted by Gasteiger charge is 2.05. The first-order chi connectivity index (χ1) is 9.81. The molecule has 0 aromatic heterocycles. The molecule has 0 saturated heterocycles. The first kappa shape index (κ1) is 17.0. The molecule has 0 heterocycles. The Labute approximate surface area is 125 Å². The van der Waals surface area contributed by atoms with Crippen molar-refractivity contribution in [3.63, 3.8) is 0 Å². The summed E-state index contributed by atoms with van der Waals surface area (Å²) in [6, 6.07) is 8.74. The maximum atomic E-state index is 5.66. The number of nitrogens with two attached hydrogens (primary N) is 1. The second kappa shape index (κ2) is 10.7. The molecule has 0 unspecified atom stereocenters. The van der Waals surface area contributed by atoms with Crippen molar-refractivity contribution in [3.05, 3.63) is 29.8 Å². The van der Waals surface area contributed by atoms with E-state index in [1.807, 2.05) is 0 Å². The number of hydrogen-bond donors (Lipinski definition) is 1. The summed E-state index contributed by atoms with van der Waals surface area (Å²) in [5.41, 5.74) is 8.22. The van der Waals surface area contributed by atoms with Crippen molar-refractivity contribution >= 4 is 5.69 Å². The van der Waals surface area contributed by atoms with E-state index in [4.69, 9.17) is 5.73 Å². The van der Waals surface area contributed by atoms with Crippen molar-refractivity contribution in [1.29, 1.82) is 0 Å². The van der Waals surface area contributed by atoms with E-state index in [9.17, 15) is 0 Å². The van der Waals surface area contributed by atoms with E-state index >= 15 is 0 Å². The zero-order chi connectivity index (χ0) is 14.6. The van der Waals surface area contributed by atoms with E-state index in [0.717, 1.165) is 6.54 Å². The molecule has 0 radical (unpaired) electrons. The van der Waals surface area contributed by atoms with E-state index in [0.29, 0.717) is 6.54 Å². The zero-order valence-electron chi connectivity index (χ0n) is 13.4. The number of nitrogens with zero attached hydrogens (tertiary/aromatic N) is 1. The first-order valence-electron chi connectivity index (χ1n) is 8.35. The van der Waals surface area contributed by atoms with Crippen LogP contribution in [0.4, 0.5) is 5.69 Å². The van der Waals surface area contributed by atoms with Gasteiger partial charge >= 0.3 is 0 Å². The van der Waals surface area contributed by atoms with E-state index < -0.39 is 0 Å².